The number of hydrogen-bond acceptors (Lipinski definition) is 1. The van der Waals surface area contributed by atoms with Crippen molar-refractivity contribution in [2.24, 2.45) is 11.7 Å². The standard InChI is InChI=1S/C11H13F2N/c12-8-4-5-10(13)9(6-8)11(14)7-2-1-3-7/h4-7,11H,1-3,14H2/t11-/m0/s1. The van der Waals surface area contributed by atoms with Gasteiger partial charge in [0.15, 0.2) is 0 Å². The Bertz CT molecular complexity index is 334. The average molecular weight is 197 g/mol. The molecule has 1 fully saturated rings. The van der Waals surface area contributed by atoms with Crippen molar-refractivity contribution >= 4 is 0 Å². The fourth-order valence-corrected chi connectivity index (χ4v) is 1.82. The Labute approximate surface area is 81.9 Å². The Balaban J connectivity index is 2.24. The highest BCUT2D eigenvalue weighted by Gasteiger charge is 2.27. The van der Waals surface area contributed by atoms with Gasteiger partial charge in [0, 0.05) is 11.6 Å². The van der Waals surface area contributed by atoms with Crippen molar-refractivity contribution in [3.05, 3.63) is 35.4 Å². The highest BCUT2D eigenvalue weighted by Crippen LogP contribution is 2.36. The molecule has 0 saturated heterocycles. The quantitative estimate of drug-likeness (QED) is 0.775. The van der Waals surface area contributed by atoms with Crippen LogP contribution in [0.25, 0.3) is 0 Å². The Morgan fingerprint density at radius 1 is 1.29 bits per heavy atom. The van der Waals surface area contributed by atoms with Crippen molar-refractivity contribution in [3.8, 4) is 0 Å². The lowest BCUT2D eigenvalue weighted by molar-refractivity contribution is 0.260. The van der Waals surface area contributed by atoms with Crippen molar-refractivity contribution in [2.45, 2.75) is 25.3 Å². The summed E-state index contributed by atoms with van der Waals surface area (Å²) < 4.78 is 26.2. The normalized spacial score (nSPS) is 19.1. The smallest absolute Gasteiger partial charge is 0.128 e. The lowest BCUT2D eigenvalue weighted by Crippen LogP contribution is -2.27. The minimum Gasteiger partial charge on any atom is -0.324 e. The molecule has 0 unspecified atom stereocenters. The molecule has 76 valence electrons. The molecule has 2 rings (SSSR count). The van der Waals surface area contributed by atoms with Crippen LogP contribution in [0, 0.1) is 17.6 Å². The second kappa shape index (κ2) is 3.65. The van der Waals surface area contributed by atoms with E-state index in [-0.39, 0.29) is 6.04 Å². The summed E-state index contributed by atoms with van der Waals surface area (Å²) in [5, 5.41) is 0. The molecule has 3 heteroatoms. The van der Waals surface area contributed by atoms with E-state index in [4.69, 9.17) is 5.73 Å². The van der Waals surface area contributed by atoms with E-state index < -0.39 is 11.6 Å². The summed E-state index contributed by atoms with van der Waals surface area (Å²) in [5.74, 6) is -0.492. The first-order valence-corrected chi connectivity index (χ1v) is 4.89. The summed E-state index contributed by atoms with van der Waals surface area (Å²) in [6.07, 6.45) is 3.20. The van der Waals surface area contributed by atoms with Crippen LogP contribution in [0.3, 0.4) is 0 Å². The van der Waals surface area contributed by atoms with Gasteiger partial charge in [-0.1, -0.05) is 6.42 Å². The van der Waals surface area contributed by atoms with E-state index in [0.717, 1.165) is 31.4 Å². The van der Waals surface area contributed by atoms with Crippen LogP contribution in [0.1, 0.15) is 30.9 Å². The van der Waals surface area contributed by atoms with E-state index in [1.165, 1.54) is 6.07 Å². The van der Waals surface area contributed by atoms with E-state index in [0.29, 0.717) is 11.5 Å². The molecule has 0 heterocycles. The van der Waals surface area contributed by atoms with E-state index in [2.05, 4.69) is 0 Å². The van der Waals surface area contributed by atoms with Crippen LogP contribution in [0.5, 0.6) is 0 Å². The molecule has 0 amide bonds. The van der Waals surface area contributed by atoms with Crippen LogP contribution in [-0.2, 0) is 0 Å². The average Bonchev–Trinajstić information content (AvgIpc) is 2.06. The lowest BCUT2D eigenvalue weighted by Gasteiger charge is -2.31. The molecular formula is C11H13F2N. The summed E-state index contributed by atoms with van der Waals surface area (Å²) in [7, 11) is 0. The number of halogens is 2. The van der Waals surface area contributed by atoms with E-state index in [9.17, 15) is 8.78 Å². The molecule has 0 aliphatic heterocycles. The third-order valence-electron chi connectivity index (χ3n) is 2.97. The minimum atomic E-state index is -0.420. The summed E-state index contributed by atoms with van der Waals surface area (Å²) in [6.45, 7) is 0. The van der Waals surface area contributed by atoms with Gasteiger partial charge in [-0.25, -0.2) is 8.78 Å². The van der Waals surface area contributed by atoms with Crippen LogP contribution in [0.15, 0.2) is 18.2 Å². The Morgan fingerprint density at radius 3 is 2.57 bits per heavy atom. The minimum absolute atomic E-state index is 0.315. The van der Waals surface area contributed by atoms with Crippen molar-refractivity contribution in [1.29, 1.82) is 0 Å². The van der Waals surface area contributed by atoms with Crippen LogP contribution in [0.2, 0.25) is 0 Å². The zero-order chi connectivity index (χ0) is 10.1. The molecule has 1 nitrogen and oxygen atoms in total. The number of nitrogens with two attached hydrogens (primary N) is 1. The van der Waals surface area contributed by atoms with Crippen LogP contribution < -0.4 is 5.73 Å². The predicted octanol–water partition coefficient (Wildman–Crippen LogP) is 2.76. The van der Waals surface area contributed by atoms with Gasteiger partial charge in [0.05, 0.1) is 0 Å². The summed E-state index contributed by atoms with van der Waals surface area (Å²) in [5.41, 5.74) is 6.18. The third kappa shape index (κ3) is 1.64. The van der Waals surface area contributed by atoms with Gasteiger partial charge < -0.3 is 5.73 Å². The Morgan fingerprint density at radius 2 is 2.00 bits per heavy atom. The molecule has 1 aliphatic carbocycles. The third-order valence-corrected chi connectivity index (χ3v) is 2.97. The van der Waals surface area contributed by atoms with Crippen molar-refractivity contribution in [2.75, 3.05) is 0 Å². The topological polar surface area (TPSA) is 26.0 Å². The van der Waals surface area contributed by atoms with Gasteiger partial charge in [0.1, 0.15) is 11.6 Å². The van der Waals surface area contributed by atoms with Crippen molar-refractivity contribution in [3.63, 3.8) is 0 Å². The zero-order valence-corrected chi connectivity index (χ0v) is 7.84. The molecule has 14 heavy (non-hydrogen) atoms. The maximum atomic E-state index is 13.3. The molecule has 1 aromatic carbocycles. The Kier molecular flexibility index (Phi) is 2.50. The fourth-order valence-electron chi connectivity index (χ4n) is 1.82. The molecule has 1 aliphatic rings. The first-order valence-electron chi connectivity index (χ1n) is 4.89. The monoisotopic (exact) mass is 197 g/mol. The van der Waals surface area contributed by atoms with E-state index >= 15 is 0 Å². The summed E-state index contributed by atoms with van der Waals surface area (Å²) >= 11 is 0. The molecule has 1 aromatic rings. The van der Waals surface area contributed by atoms with Gasteiger partial charge in [0.25, 0.3) is 0 Å². The summed E-state index contributed by atoms with van der Waals surface area (Å²) in [6, 6.07) is 3.12. The largest absolute Gasteiger partial charge is 0.324 e. The molecule has 0 spiro atoms. The van der Waals surface area contributed by atoms with Gasteiger partial charge >= 0.3 is 0 Å². The molecule has 0 aromatic heterocycles. The van der Waals surface area contributed by atoms with Gasteiger partial charge in [-0.2, -0.15) is 0 Å². The second-order valence-electron chi connectivity index (χ2n) is 3.88. The Hall–Kier alpha value is -0.960. The first-order chi connectivity index (χ1) is 6.68. The summed E-state index contributed by atoms with van der Waals surface area (Å²) in [4.78, 5) is 0. The maximum Gasteiger partial charge on any atom is 0.128 e. The zero-order valence-electron chi connectivity index (χ0n) is 7.84. The SMILES string of the molecule is N[C@H](c1cc(F)ccc1F)C1CCC1. The molecule has 0 radical (unpaired) electrons. The maximum absolute atomic E-state index is 13.3. The van der Waals surface area contributed by atoms with Crippen LogP contribution in [-0.4, -0.2) is 0 Å². The van der Waals surface area contributed by atoms with Crippen LogP contribution >= 0.6 is 0 Å². The van der Waals surface area contributed by atoms with Crippen molar-refractivity contribution < 1.29 is 8.78 Å². The number of benzene rings is 1. The van der Waals surface area contributed by atoms with E-state index in [1.54, 1.807) is 0 Å². The highest BCUT2D eigenvalue weighted by atomic mass is 19.1. The van der Waals surface area contributed by atoms with E-state index in [1.807, 2.05) is 0 Å². The van der Waals surface area contributed by atoms with Gasteiger partial charge in [-0.05, 0) is 37.0 Å². The molecular weight excluding hydrogens is 184 g/mol. The highest BCUT2D eigenvalue weighted by molar-refractivity contribution is 5.23. The molecule has 0 bridgehead atoms. The number of rotatable bonds is 2. The molecule has 2 N–H and O–H groups in total. The van der Waals surface area contributed by atoms with Gasteiger partial charge in [0.2, 0.25) is 0 Å². The van der Waals surface area contributed by atoms with Gasteiger partial charge in [-0.3, -0.25) is 0 Å². The van der Waals surface area contributed by atoms with Gasteiger partial charge in [-0.15, -0.1) is 0 Å². The number of hydrogen-bond donors (Lipinski definition) is 1. The molecule has 1 atom stereocenters. The van der Waals surface area contributed by atoms with Crippen LogP contribution in [0.4, 0.5) is 8.78 Å². The fraction of sp³-hybridized carbons (Fsp3) is 0.455. The first kappa shape index (κ1) is 9.59. The molecule has 1 saturated carbocycles. The van der Waals surface area contributed by atoms with Crippen molar-refractivity contribution in [1.82, 2.24) is 0 Å². The predicted molar refractivity (Wildman–Crippen MR) is 50.6 cm³/mol. The second-order valence-corrected chi connectivity index (χ2v) is 3.88. The lowest BCUT2D eigenvalue weighted by atomic mass is 9.77.